The molecule has 5 nitrogen and oxygen atoms in total. The van der Waals surface area contributed by atoms with Crippen molar-refractivity contribution in [1.82, 2.24) is 20.0 Å². The second-order valence-electron chi connectivity index (χ2n) is 8.78. The van der Waals surface area contributed by atoms with E-state index in [0.717, 1.165) is 25.1 Å². The van der Waals surface area contributed by atoms with Crippen LogP contribution >= 0.6 is 11.6 Å². The van der Waals surface area contributed by atoms with E-state index in [1.807, 2.05) is 0 Å². The molecule has 3 rings (SSSR count). The predicted molar refractivity (Wildman–Crippen MR) is 101 cm³/mol. The highest BCUT2D eigenvalue weighted by Gasteiger charge is 2.38. The number of piperidine rings is 1. The molecule has 2 N–H and O–H groups in total. The van der Waals surface area contributed by atoms with Gasteiger partial charge in [-0.2, -0.15) is 13.2 Å². The number of hydrogen-bond donors (Lipinski definition) is 2. The number of carbonyl (C=O) groups excluding carboxylic acids is 1. The molecule has 28 heavy (non-hydrogen) atoms. The number of rotatable bonds is 3. The molecule has 1 aliphatic rings. The van der Waals surface area contributed by atoms with E-state index in [9.17, 15) is 18.0 Å². The molecule has 0 atom stereocenters. The van der Waals surface area contributed by atoms with Gasteiger partial charge in [0.15, 0.2) is 5.65 Å². The van der Waals surface area contributed by atoms with E-state index in [1.54, 1.807) is 0 Å². The first-order valence-corrected chi connectivity index (χ1v) is 9.45. The molecule has 1 fully saturated rings. The van der Waals surface area contributed by atoms with Crippen molar-refractivity contribution in [2.75, 3.05) is 0 Å². The Morgan fingerprint density at radius 2 is 1.89 bits per heavy atom. The minimum atomic E-state index is -4.51. The lowest BCUT2D eigenvalue weighted by molar-refractivity contribution is -0.137. The van der Waals surface area contributed by atoms with E-state index in [2.05, 4.69) is 43.3 Å². The number of nitrogens with zero attached hydrogens (tertiary/aromatic N) is 2. The zero-order chi connectivity index (χ0) is 20.9. The summed E-state index contributed by atoms with van der Waals surface area (Å²) < 4.78 is 40.0. The summed E-state index contributed by atoms with van der Waals surface area (Å²) in [6, 6.07) is 0.851. The third-order valence-corrected chi connectivity index (χ3v) is 5.06. The lowest BCUT2D eigenvalue weighted by Crippen LogP contribution is -2.62. The van der Waals surface area contributed by atoms with Crippen molar-refractivity contribution in [2.45, 2.75) is 70.3 Å². The van der Waals surface area contributed by atoms with Crippen LogP contribution in [0.2, 0.25) is 5.02 Å². The maximum Gasteiger partial charge on any atom is 0.417 e. The van der Waals surface area contributed by atoms with E-state index >= 15 is 0 Å². The third-order valence-electron chi connectivity index (χ3n) is 4.78. The van der Waals surface area contributed by atoms with Gasteiger partial charge in [-0.1, -0.05) is 11.6 Å². The number of nitrogens with one attached hydrogen (secondary N) is 2. The average Bonchev–Trinajstić information content (AvgIpc) is 2.85. The molecule has 2 aromatic heterocycles. The summed E-state index contributed by atoms with van der Waals surface area (Å²) in [4.78, 5) is 16.7. The zero-order valence-corrected chi connectivity index (χ0v) is 17.0. The highest BCUT2D eigenvalue weighted by atomic mass is 35.5. The number of hydrogen-bond acceptors (Lipinski definition) is 3. The van der Waals surface area contributed by atoms with Gasteiger partial charge in [-0.05, 0) is 46.6 Å². The van der Waals surface area contributed by atoms with Crippen LogP contribution in [0.25, 0.3) is 5.65 Å². The molecule has 9 heteroatoms. The van der Waals surface area contributed by atoms with Crippen LogP contribution in [0.4, 0.5) is 13.2 Å². The standard InChI is InChI=1S/C19H24ClF3N4O/c1-17(2)7-13(8-18(3,4)26-17)24-15(28)6-12-10-27-9-11(19(21,22)23)5-14(20)16(27)25-12/h5,9-10,13,26H,6-8H2,1-4H3,(H,24,28). The predicted octanol–water partition coefficient (Wildman–Crippen LogP) is 3.97. The van der Waals surface area contributed by atoms with Crippen LogP contribution in [-0.4, -0.2) is 32.4 Å². The molecule has 154 valence electrons. The van der Waals surface area contributed by atoms with Gasteiger partial charge in [0.05, 0.1) is 22.7 Å². The van der Waals surface area contributed by atoms with Gasteiger partial charge in [0.1, 0.15) is 0 Å². The Morgan fingerprint density at radius 3 is 2.46 bits per heavy atom. The van der Waals surface area contributed by atoms with Gasteiger partial charge >= 0.3 is 6.18 Å². The van der Waals surface area contributed by atoms with Crippen molar-refractivity contribution in [3.8, 4) is 0 Å². The molecule has 0 aliphatic carbocycles. The SMILES string of the molecule is CC1(C)CC(NC(=O)Cc2cn3cc(C(F)(F)F)cc(Cl)c3n2)CC(C)(C)N1. The van der Waals surface area contributed by atoms with Crippen molar-refractivity contribution in [3.63, 3.8) is 0 Å². The van der Waals surface area contributed by atoms with Gasteiger partial charge < -0.3 is 15.0 Å². The second-order valence-corrected chi connectivity index (χ2v) is 9.19. The minimum Gasteiger partial charge on any atom is -0.353 e. The molecular weight excluding hydrogens is 393 g/mol. The van der Waals surface area contributed by atoms with Crippen molar-refractivity contribution >= 4 is 23.2 Å². The Hall–Kier alpha value is -1.80. The topological polar surface area (TPSA) is 58.4 Å². The summed E-state index contributed by atoms with van der Waals surface area (Å²) in [5.41, 5.74) is -0.514. The molecule has 0 radical (unpaired) electrons. The van der Waals surface area contributed by atoms with Gasteiger partial charge in [-0.25, -0.2) is 4.98 Å². The molecule has 0 spiro atoms. The maximum atomic E-state index is 12.9. The number of pyridine rings is 1. The summed E-state index contributed by atoms with van der Waals surface area (Å²) in [5.74, 6) is -0.214. The van der Waals surface area contributed by atoms with Crippen LogP contribution in [0, 0.1) is 0 Å². The quantitative estimate of drug-likeness (QED) is 0.795. The van der Waals surface area contributed by atoms with Gasteiger partial charge in [-0.15, -0.1) is 0 Å². The van der Waals surface area contributed by atoms with Gasteiger partial charge in [0.25, 0.3) is 0 Å². The van der Waals surface area contributed by atoms with Crippen LogP contribution < -0.4 is 10.6 Å². The Balaban J connectivity index is 1.74. The van der Waals surface area contributed by atoms with E-state index < -0.39 is 11.7 Å². The van der Waals surface area contributed by atoms with Crippen molar-refractivity contribution in [1.29, 1.82) is 0 Å². The van der Waals surface area contributed by atoms with Gasteiger partial charge in [0, 0.05) is 29.5 Å². The molecule has 0 saturated carbocycles. The highest BCUT2D eigenvalue weighted by molar-refractivity contribution is 6.33. The van der Waals surface area contributed by atoms with Crippen LogP contribution in [-0.2, 0) is 17.4 Å². The Bertz CT molecular complexity index is 888. The minimum absolute atomic E-state index is 0.0104. The van der Waals surface area contributed by atoms with Crippen molar-refractivity contribution < 1.29 is 18.0 Å². The van der Waals surface area contributed by atoms with Crippen LogP contribution in [0.1, 0.15) is 51.8 Å². The van der Waals surface area contributed by atoms with E-state index in [-0.39, 0.29) is 40.1 Å². The maximum absolute atomic E-state index is 12.9. The lowest BCUT2D eigenvalue weighted by Gasteiger charge is -2.46. The van der Waals surface area contributed by atoms with E-state index in [0.29, 0.717) is 5.69 Å². The Morgan fingerprint density at radius 1 is 1.29 bits per heavy atom. The summed E-state index contributed by atoms with van der Waals surface area (Å²) in [5, 5.41) is 6.48. The van der Waals surface area contributed by atoms with Crippen LogP contribution in [0.5, 0.6) is 0 Å². The summed E-state index contributed by atoms with van der Waals surface area (Å²) >= 11 is 5.95. The number of amides is 1. The fraction of sp³-hybridized carbons (Fsp3) is 0.579. The first-order valence-electron chi connectivity index (χ1n) is 9.07. The largest absolute Gasteiger partial charge is 0.417 e. The second kappa shape index (κ2) is 6.91. The number of alkyl halides is 3. The summed E-state index contributed by atoms with van der Waals surface area (Å²) in [6.07, 6.45) is -0.625. The molecule has 0 aromatic carbocycles. The molecule has 2 aromatic rings. The monoisotopic (exact) mass is 416 g/mol. The molecular formula is C19H24ClF3N4O. The molecule has 1 aliphatic heterocycles. The first kappa shape index (κ1) is 20.9. The summed E-state index contributed by atoms with van der Waals surface area (Å²) in [6.45, 7) is 8.37. The Kier molecular flexibility index (Phi) is 5.17. The Labute approximate surface area is 166 Å². The molecule has 1 saturated heterocycles. The van der Waals surface area contributed by atoms with E-state index in [4.69, 9.17) is 11.6 Å². The number of halogens is 4. The smallest absolute Gasteiger partial charge is 0.353 e. The fourth-order valence-electron chi connectivity index (χ4n) is 4.22. The van der Waals surface area contributed by atoms with Crippen LogP contribution in [0.15, 0.2) is 18.5 Å². The number of carbonyl (C=O) groups is 1. The fourth-order valence-corrected chi connectivity index (χ4v) is 4.47. The number of aromatic nitrogens is 2. The van der Waals surface area contributed by atoms with Gasteiger partial charge in [-0.3, -0.25) is 4.79 Å². The van der Waals surface area contributed by atoms with Crippen molar-refractivity contribution in [2.24, 2.45) is 0 Å². The van der Waals surface area contributed by atoms with Crippen molar-refractivity contribution in [3.05, 3.63) is 34.7 Å². The molecule has 1 amide bonds. The first-order chi connectivity index (χ1) is 12.7. The summed E-state index contributed by atoms with van der Waals surface area (Å²) in [7, 11) is 0. The van der Waals surface area contributed by atoms with Gasteiger partial charge in [0.2, 0.25) is 5.91 Å². The van der Waals surface area contributed by atoms with Crippen LogP contribution in [0.3, 0.4) is 0 Å². The number of imidazole rings is 1. The number of fused-ring (bicyclic) bond motifs is 1. The molecule has 0 unspecified atom stereocenters. The molecule has 3 heterocycles. The normalized spacial score (nSPS) is 19.7. The highest BCUT2D eigenvalue weighted by Crippen LogP contribution is 2.32. The molecule has 0 bridgehead atoms. The van der Waals surface area contributed by atoms with E-state index in [1.165, 1.54) is 10.6 Å². The average molecular weight is 417 g/mol. The zero-order valence-electron chi connectivity index (χ0n) is 16.2. The third kappa shape index (κ3) is 4.78. The lowest BCUT2D eigenvalue weighted by atomic mass is 9.79.